The minimum Gasteiger partial charge on any atom is -0.326 e. The monoisotopic (exact) mass is 272 g/mol. The molecular weight excluding hydrogens is 251 g/mol. The van der Waals surface area contributed by atoms with Crippen molar-refractivity contribution >= 4 is 11.6 Å². The van der Waals surface area contributed by atoms with Crippen LogP contribution in [0.4, 0.5) is 4.39 Å². The fourth-order valence-corrected chi connectivity index (χ4v) is 2.17. The maximum absolute atomic E-state index is 13.4. The van der Waals surface area contributed by atoms with Crippen molar-refractivity contribution in [1.29, 1.82) is 0 Å². The summed E-state index contributed by atoms with van der Waals surface area (Å²) in [6, 6.07) is 4.82. The van der Waals surface area contributed by atoms with Crippen LogP contribution in [0.3, 0.4) is 0 Å². The SMILES string of the molecule is CCC(C)(C(N)Cc1ccc(Cl)c(F)c1)N(C)C. The lowest BCUT2D eigenvalue weighted by Gasteiger charge is -2.41. The lowest BCUT2D eigenvalue weighted by atomic mass is 9.85. The quantitative estimate of drug-likeness (QED) is 0.893. The van der Waals surface area contributed by atoms with Gasteiger partial charge in [-0.2, -0.15) is 0 Å². The Balaban J connectivity index is 2.86. The topological polar surface area (TPSA) is 29.3 Å². The smallest absolute Gasteiger partial charge is 0.142 e. The molecule has 0 saturated carbocycles. The molecular formula is C14H22ClFN2. The summed E-state index contributed by atoms with van der Waals surface area (Å²) in [4.78, 5) is 2.13. The van der Waals surface area contributed by atoms with E-state index in [1.165, 1.54) is 6.07 Å². The average molecular weight is 273 g/mol. The van der Waals surface area contributed by atoms with Gasteiger partial charge in [0, 0.05) is 11.6 Å². The van der Waals surface area contributed by atoms with Crippen LogP contribution < -0.4 is 5.73 Å². The second kappa shape index (κ2) is 6.00. The molecule has 2 atom stereocenters. The zero-order valence-electron chi connectivity index (χ0n) is 11.5. The molecule has 0 aliphatic heterocycles. The van der Waals surface area contributed by atoms with E-state index in [4.69, 9.17) is 17.3 Å². The summed E-state index contributed by atoms with van der Waals surface area (Å²) in [6.07, 6.45) is 1.58. The van der Waals surface area contributed by atoms with Crippen LogP contribution in [0.1, 0.15) is 25.8 Å². The number of nitrogens with two attached hydrogens (primary N) is 1. The van der Waals surface area contributed by atoms with Gasteiger partial charge in [0.05, 0.1) is 5.02 Å². The highest BCUT2D eigenvalue weighted by Gasteiger charge is 2.32. The number of likely N-dealkylation sites (N-methyl/N-ethyl adjacent to an activating group) is 1. The summed E-state index contributed by atoms with van der Waals surface area (Å²) in [5.74, 6) is -0.385. The first-order chi connectivity index (χ1) is 8.31. The molecule has 1 aromatic rings. The van der Waals surface area contributed by atoms with Crippen LogP contribution in [-0.4, -0.2) is 30.6 Å². The first kappa shape index (κ1) is 15.4. The second-order valence-electron chi connectivity index (χ2n) is 5.16. The standard InChI is InChI=1S/C14H22ClFN2/c1-5-14(2,18(3)4)13(17)9-10-6-7-11(15)12(16)8-10/h6-8,13H,5,9,17H2,1-4H3. The van der Waals surface area contributed by atoms with E-state index < -0.39 is 0 Å². The molecule has 0 spiro atoms. The highest BCUT2D eigenvalue weighted by Crippen LogP contribution is 2.23. The first-order valence-corrected chi connectivity index (χ1v) is 6.56. The van der Waals surface area contributed by atoms with Crippen LogP contribution in [0.5, 0.6) is 0 Å². The van der Waals surface area contributed by atoms with Gasteiger partial charge in [0.25, 0.3) is 0 Å². The molecule has 0 bridgehead atoms. The van der Waals surface area contributed by atoms with Crippen molar-refractivity contribution in [3.05, 3.63) is 34.6 Å². The van der Waals surface area contributed by atoms with Gasteiger partial charge in [-0.25, -0.2) is 4.39 Å². The molecule has 0 aromatic heterocycles. The maximum atomic E-state index is 13.4. The molecule has 18 heavy (non-hydrogen) atoms. The van der Waals surface area contributed by atoms with Crippen LogP contribution in [0.15, 0.2) is 18.2 Å². The summed E-state index contributed by atoms with van der Waals surface area (Å²) >= 11 is 5.67. The molecule has 0 heterocycles. The van der Waals surface area contributed by atoms with Gasteiger partial charge in [0.2, 0.25) is 0 Å². The van der Waals surface area contributed by atoms with Gasteiger partial charge in [-0.05, 0) is 51.6 Å². The van der Waals surface area contributed by atoms with E-state index in [0.717, 1.165) is 12.0 Å². The van der Waals surface area contributed by atoms with Crippen molar-refractivity contribution in [3.8, 4) is 0 Å². The molecule has 102 valence electrons. The van der Waals surface area contributed by atoms with E-state index in [9.17, 15) is 4.39 Å². The summed E-state index contributed by atoms with van der Waals surface area (Å²) in [6.45, 7) is 4.24. The Morgan fingerprint density at radius 2 is 2.06 bits per heavy atom. The summed E-state index contributed by atoms with van der Waals surface area (Å²) in [5, 5.41) is 0.151. The van der Waals surface area contributed by atoms with Crippen LogP contribution in [0.2, 0.25) is 5.02 Å². The van der Waals surface area contributed by atoms with E-state index >= 15 is 0 Å². The number of halogens is 2. The molecule has 0 aliphatic carbocycles. The molecule has 1 aromatic carbocycles. The molecule has 2 unspecified atom stereocenters. The number of benzene rings is 1. The van der Waals surface area contributed by atoms with Crippen LogP contribution in [0, 0.1) is 5.82 Å². The molecule has 0 amide bonds. The molecule has 2 N–H and O–H groups in total. The molecule has 1 rings (SSSR count). The minimum absolute atomic E-state index is 0.0573. The number of nitrogens with zero attached hydrogens (tertiary/aromatic N) is 1. The van der Waals surface area contributed by atoms with Gasteiger partial charge < -0.3 is 10.6 Å². The third-order valence-electron chi connectivity index (χ3n) is 3.98. The molecule has 0 radical (unpaired) electrons. The molecule has 0 saturated heterocycles. The van der Waals surface area contributed by atoms with E-state index in [1.807, 2.05) is 20.2 Å². The fourth-order valence-electron chi connectivity index (χ4n) is 2.05. The lowest BCUT2D eigenvalue weighted by Crippen LogP contribution is -2.55. The van der Waals surface area contributed by atoms with Gasteiger partial charge in [0.1, 0.15) is 5.82 Å². The van der Waals surface area contributed by atoms with Gasteiger partial charge in [-0.1, -0.05) is 24.6 Å². The maximum Gasteiger partial charge on any atom is 0.142 e. The van der Waals surface area contributed by atoms with Crippen LogP contribution in [0.25, 0.3) is 0 Å². The first-order valence-electron chi connectivity index (χ1n) is 6.18. The largest absolute Gasteiger partial charge is 0.326 e. The van der Waals surface area contributed by atoms with Crippen molar-refractivity contribution in [1.82, 2.24) is 4.90 Å². The Labute approximate surface area is 114 Å². The number of hydrogen-bond acceptors (Lipinski definition) is 2. The van der Waals surface area contributed by atoms with E-state index in [-0.39, 0.29) is 22.4 Å². The van der Waals surface area contributed by atoms with Gasteiger partial charge in [-0.3, -0.25) is 0 Å². The molecule has 0 fully saturated rings. The van der Waals surface area contributed by atoms with E-state index in [0.29, 0.717) is 6.42 Å². The Kier molecular flexibility index (Phi) is 5.14. The summed E-state index contributed by atoms with van der Waals surface area (Å²) < 4.78 is 13.4. The Bertz CT molecular complexity index is 409. The van der Waals surface area contributed by atoms with Gasteiger partial charge >= 0.3 is 0 Å². The molecule has 4 heteroatoms. The van der Waals surface area contributed by atoms with Crippen molar-refractivity contribution in [2.75, 3.05) is 14.1 Å². The minimum atomic E-state index is -0.385. The lowest BCUT2D eigenvalue weighted by molar-refractivity contribution is 0.131. The Morgan fingerprint density at radius 1 is 1.44 bits per heavy atom. The molecule has 2 nitrogen and oxygen atoms in total. The Morgan fingerprint density at radius 3 is 2.50 bits per heavy atom. The Hall–Kier alpha value is -0.640. The molecule has 0 aliphatic rings. The third kappa shape index (κ3) is 3.22. The van der Waals surface area contributed by atoms with Crippen molar-refractivity contribution in [3.63, 3.8) is 0 Å². The average Bonchev–Trinajstić information content (AvgIpc) is 2.32. The van der Waals surface area contributed by atoms with Gasteiger partial charge in [0.15, 0.2) is 0 Å². The zero-order chi connectivity index (χ0) is 13.9. The highest BCUT2D eigenvalue weighted by molar-refractivity contribution is 6.30. The fraction of sp³-hybridized carbons (Fsp3) is 0.571. The van der Waals surface area contributed by atoms with E-state index in [1.54, 1.807) is 6.07 Å². The van der Waals surface area contributed by atoms with Crippen molar-refractivity contribution in [2.45, 2.75) is 38.3 Å². The second-order valence-corrected chi connectivity index (χ2v) is 5.57. The normalized spacial score (nSPS) is 16.7. The summed E-state index contributed by atoms with van der Waals surface area (Å²) in [5.41, 5.74) is 7.07. The van der Waals surface area contributed by atoms with Crippen molar-refractivity contribution in [2.24, 2.45) is 5.73 Å². The van der Waals surface area contributed by atoms with Gasteiger partial charge in [-0.15, -0.1) is 0 Å². The van der Waals surface area contributed by atoms with Crippen LogP contribution in [-0.2, 0) is 6.42 Å². The summed E-state index contributed by atoms with van der Waals surface area (Å²) in [7, 11) is 4.04. The highest BCUT2D eigenvalue weighted by atomic mass is 35.5. The van der Waals surface area contributed by atoms with Crippen molar-refractivity contribution < 1.29 is 4.39 Å². The van der Waals surface area contributed by atoms with Crippen LogP contribution >= 0.6 is 11.6 Å². The predicted molar refractivity (Wildman–Crippen MR) is 75.5 cm³/mol. The number of rotatable bonds is 5. The predicted octanol–water partition coefficient (Wildman–Crippen LogP) is 3.08. The number of hydrogen-bond donors (Lipinski definition) is 1. The third-order valence-corrected chi connectivity index (χ3v) is 4.28. The van der Waals surface area contributed by atoms with E-state index in [2.05, 4.69) is 18.7 Å². The zero-order valence-corrected chi connectivity index (χ0v) is 12.3.